The fourth-order valence-electron chi connectivity index (χ4n) is 4.27. The van der Waals surface area contributed by atoms with Gasteiger partial charge in [0, 0.05) is 6.92 Å². The molecular formula is C25H20N2O6S. The first-order valence-electron chi connectivity index (χ1n) is 10.4. The highest BCUT2D eigenvalue weighted by Gasteiger charge is 2.45. The Labute approximate surface area is 198 Å². The molecule has 4 aromatic rings. The number of ether oxygens (including phenoxy) is 2. The standard InChI is InChI=1S/C25H20N2O6S/c1-12-23(13(2)28)34-25(26-12)27-20(14-9-10-17(31-3)18(11-14)32-4)19-21(29)15-7-5-6-8-16(15)33-22(19)24(27)30/h5-11,20H,1-4H3. The molecule has 0 saturated carbocycles. The van der Waals surface area contributed by atoms with Gasteiger partial charge in [0.25, 0.3) is 5.91 Å². The Kier molecular flexibility index (Phi) is 5.21. The Morgan fingerprint density at radius 2 is 1.82 bits per heavy atom. The summed E-state index contributed by atoms with van der Waals surface area (Å²) >= 11 is 1.11. The molecule has 0 aliphatic carbocycles. The number of anilines is 1. The van der Waals surface area contributed by atoms with Crippen molar-refractivity contribution in [1.82, 2.24) is 4.98 Å². The third-order valence-corrected chi connectivity index (χ3v) is 7.07. The quantitative estimate of drug-likeness (QED) is 0.390. The monoisotopic (exact) mass is 476 g/mol. The number of carbonyl (C=O) groups is 2. The predicted molar refractivity (Wildman–Crippen MR) is 128 cm³/mol. The number of hydrogen-bond acceptors (Lipinski definition) is 8. The van der Waals surface area contributed by atoms with Crippen molar-refractivity contribution < 1.29 is 23.5 Å². The highest BCUT2D eigenvalue weighted by Crippen LogP contribution is 2.44. The number of nitrogens with zero attached hydrogens (tertiary/aromatic N) is 2. The number of carbonyl (C=O) groups excluding carboxylic acids is 2. The van der Waals surface area contributed by atoms with Gasteiger partial charge in [-0.2, -0.15) is 0 Å². The number of rotatable bonds is 5. The van der Waals surface area contributed by atoms with Crippen LogP contribution in [-0.4, -0.2) is 30.9 Å². The molecule has 1 atom stereocenters. The van der Waals surface area contributed by atoms with E-state index in [1.807, 2.05) is 0 Å². The predicted octanol–water partition coefficient (Wildman–Crippen LogP) is 4.53. The summed E-state index contributed by atoms with van der Waals surface area (Å²) in [6.07, 6.45) is 0. The maximum atomic E-state index is 13.7. The first-order chi connectivity index (χ1) is 16.3. The van der Waals surface area contributed by atoms with Crippen molar-refractivity contribution in [3.63, 3.8) is 0 Å². The lowest BCUT2D eigenvalue weighted by atomic mass is 9.98. The Bertz CT molecular complexity index is 1540. The van der Waals surface area contributed by atoms with E-state index in [9.17, 15) is 14.4 Å². The minimum Gasteiger partial charge on any atom is -0.493 e. The number of ketones is 1. The van der Waals surface area contributed by atoms with Gasteiger partial charge in [-0.3, -0.25) is 19.3 Å². The second kappa shape index (κ2) is 8.11. The molecule has 0 spiro atoms. The number of benzene rings is 2. The molecule has 1 amide bonds. The summed E-state index contributed by atoms with van der Waals surface area (Å²) in [5, 5.41) is 0.684. The number of aryl methyl sites for hydroxylation is 1. The maximum absolute atomic E-state index is 13.7. The molecule has 172 valence electrons. The molecule has 2 aromatic heterocycles. The number of hydrogen-bond donors (Lipinski definition) is 0. The van der Waals surface area contributed by atoms with Gasteiger partial charge < -0.3 is 13.9 Å². The first kappa shape index (κ1) is 21.8. The molecule has 34 heavy (non-hydrogen) atoms. The lowest BCUT2D eigenvalue weighted by molar-refractivity contribution is 0.0969. The molecule has 3 heterocycles. The van der Waals surface area contributed by atoms with Crippen molar-refractivity contribution in [3.05, 3.63) is 80.1 Å². The van der Waals surface area contributed by atoms with Crippen LogP contribution in [-0.2, 0) is 0 Å². The van der Waals surface area contributed by atoms with Crippen LogP contribution in [0.15, 0.2) is 51.7 Å². The van der Waals surface area contributed by atoms with E-state index in [0.29, 0.717) is 43.7 Å². The Morgan fingerprint density at radius 3 is 2.50 bits per heavy atom. The van der Waals surface area contributed by atoms with Gasteiger partial charge in [0.15, 0.2) is 27.8 Å². The molecule has 0 fully saturated rings. The lowest BCUT2D eigenvalue weighted by Crippen LogP contribution is -2.29. The molecule has 1 aliphatic rings. The third kappa shape index (κ3) is 3.19. The first-order valence-corrected chi connectivity index (χ1v) is 11.3. The fraction of sp³-hybridized carbons (Fsp3) is 0.200. The lowest BCUT2D eigenvalue weighted by Gasteiger charge is -2.23. The maximum Gasteiger partial charge on any atom is 0.297 e. The number of amides is 1. The SMILES string of the molecule is COc1ccc(C2c3c(oc4ccccc4c3=O)C(=O)N2c2nc(C)c(C(C)=O)s2)cc1OC. The zero-order valence-corrected chi connectivity index (χ0v) is 19.7. The minimum absolute atomic E-state index is 0.0410. The average Bonchev–Trinajstić information content (AvgIpc) is 3.36. The normalized spacial score (nSPS) is 15.0. The van der Waals surface area contributed by atoms with Crippen molar-refractivity contribution >= 4 is 39.1 Å². The fourth-order valence-corrected chi connectivity index (χ4v) is 5.26. The van der Waals surface area contributed by atoms with Gasteiger partial charge in [0.05, 0.1) is 41.8 Å². The van der Waals surface area contributed by atoms with Gasteiger partial charge in [-0.1, -0.05) is 29.5 Å². The van der Waals surface area contributed by atoms with Crippen LogP contribution in [0.1, 0.15) is 50.0 Å². The van der Waals surface area contributed by atoms with Crippen molar-refractivity contribution in [2.75, 3.05) is 19.1 Å². The third-order valence-electron chi connectivity index (χ3n) is 5.81. The van der Waals surface area contributed by atoms with Crippen LogP contribution < -0.4 is 19.8 Å². The Balaban J connectivity index is 1.80. The largest absolute Gasteiger partial charge is 0.493 e. The summed E-state index contributed by atoms with van der Waals surface area (Å²) in [5.74, 6) is 0.276. The molecule has 0 N–H and O–H groups in total. The van der Waals surface area contributed by atoms with Gasteiger partial charge in [-0.25, -0.2) is 4.98 Å². The topological polar surface area (TPSA) is 98.9 Å². The highest BCUT2D eigenvalue weighted by molar-refractivity contribution is 7.17. The van der Waals surface area contributed by atoms with Gasteiger partial charge in [0.1, 0.15) is 5.58 Å². The van der Waals surface area contributed by atoms with E-state index >= 15 is 0 Å². The second-order valence-electron chi connectivity index (χ2n) is 7.83. The van der Waals surface area contributed by atoms with Crippen LogP contribution in [0.4, 0.5) is 5.13 Å². The smallest absolute Gasteiger partial charge is 0.297 e. The molecule has 1 aliphatic heterocycles. The van der Waals surface area contributed by atoms with Gasteiger partial charge in [-0.05, 0) is 36.8 Å². The van der Waals surface area contributed by atoms with Crippen molar-refractivity contribution in [1.29, 1.82) is 0 Å². The number of fused-ring (bicyclic) bond motifs is 2. The van der Waals surface area contributed by atoms with E-state index < -0.39 is 11.9 Å². The summed E-state index contributed by atoms with van der Waals surface area (Å²) in [7, 11) is 3.04. The van der Waals surface area contributed by atoms with Crippen molar-refractivity contribution in [2.45, 2.75) is 19.9 Å². The van der Waals surface area contributed by atoms with Crippen LogP contribution in [0.3, 0.4) is 0 Å². The number of thiazole rings is 1. The van der Waals surface area contributed by atoms with Gasteiger partial charge in [-0.15, -0.1) is 0 Å². The zero-order valence-electron chi connectivity index (χ0n) is 18.9. The molecular weight excluding hydrogens is 456 g/mol. The summed E-state index contributed by atoms with van der Waals surface area (Å²) in [6, 6.07) is 11.2. The van der Waals surface area contributed by atoms with E-state index in [4.69, 9.17) is 13.9 Å². The molecule has 0 radical (unpaired) electrons. The van der Waals surface area contributed by atoms with E-state index in [2.05, 4.69) is 4.98 Å². The minimum atomic E-state index is -0.825. The van der Waals surface area contributed by atoms with E-state index in [1.165, 1.54) is 26.0 Å². The van der Waals surface area contributed by atoms with Crippen LogP contribution >= 0.6 is 11.3 Å². The van der Waals surface area contributed by atoms with E-state index in [-0.39, 0.29) is 22.5 Å². The van der Waals surface area contributed by atoms with Gasteiger partial charge >= 0.3 is 0 Å². The molecule has 9 heteroatoms. The van der Waals surface area contributed by atoms with E-state index in [1.54, 1.807) is 49.4 Å². The summed E-state index contributed by atoms with van der Waals surface area (Å²) in [5.41, 5.74) is 1.38. The van der Waals surface area contributed by atoms with Crippen LogP contribution in [0.25, 0.3) is 11.0 Å². The molecule has 0 saturated heterocycles. The summed E-state index contributed by atoms with van der Waals surface area (Å²) in [6.45, 7) is 3.17. The Hall–Kier alpha value is -3.98. The van der Waals surface area contributed by atoms with Crippen LogP contribution in [0, 0.1) is 6.92 Å². The van der Waals surface area contributed by atoms with Crippen LogP contribution in [0.5, 0.6) is 11.5 Å². The number of aromatic nitrogens is 1. The number of Topliss-reactive ketones (excluding diaryl/α,β-unsaturated/α-hetero) is 1. The average molecular weight is 477 g/mol. The molecule has 0 bridgehead atoms. The van der Waals surface area contributed by atoms with Crippen molar-refractivity contribution in [3.8, 4) is 11.5 Å². The molecule has 8 nitrogen and oxygen atoms in total. The molecule has 5 rings (SSSR count). The molecule has 1 unspecified atom stereocenters. The summed E-state index contributed by atoms with van der Waals surface area (Å²) < 4.78 is 16.8. The molecule has 2 aromatic carbocycles. The number of para-hydroxylation sites is 1. The van der Waals surface area contributed by atoms with Crippen LogP contribution in [0.2, 0.25) is 0 Å². The second-order valence-corrected chi connectivity index (χ2v) is 8.81. The Morgan fingerprint density at radius 1 is 1.09 bits per heavy atom. The number of methoxy groups -OCH3 is 2. The summed E-state index contributed by atoms with van der Waals surface area (Å²) in [4.78, 5) is 45.7. The highest BCUT2D eigenvalue weighted by atomic mass is 32.1. The van der Waals surface area contributed by atoms with Gasteiger partial charge in [0.2, 0.25) is 5.76 Å². The van der Waals surface area contributed by atoms with E-state index in [0.717, 1.165) is 11.3 Å². The van der Waals surface area contributed by atoms with Crippen molar-refractivity contribution in [2.24, 2.45) is 0 Å². The zero-order chi connectivity index (χ0) is 24.1.